The number of hydrogen-bond donors (Lipinski definition) is 0. The summed E-state index contributed by atoms with van der Waals surface area (Å²) < 4.78 is 16.7. The number of carbonyl (C=O) groups excluding carboxylic acids is 3. The molecule has 0 heterocycles. The number of hydrogen-bond acceptors (Lipinski definition) is 6. The molecule has 0 saturated carbocycles. The Labute approximate surface area is 442 Å². The van der Waals surface area contributed by atoms with Gasteiger partial charge in [-0.1, -0.05) is 224 Å². The molecule has 0 spiro atoms. The average molecular weight is 994 g/mol. The largest absolute Gasteiger partial charge is 0.462 e. The van der Waals surface area contributed by atoms with Gasteiger partial charge in [-0.2, -0.15) is 0 Å². The zero-order chi connectivity index (χ0) is 52.2. The van der Waals surface area contributed by atoms with Crippen molar-refractivity contribution >= 4 is 17.9 Å². The molecule has 0 bridgehead atoms. The smallest absolute Gasteiger partial charge is 0.306 e. The topological polar surface area (TPSA) is 78.9 Å². The van der Waals surface area contributed by atoms with Crippen molar-refractivity contribution in [3.05, 3.63) is 146 Å². The van der Waals surface area contributed by atoms with Crippen LogP contribution in [0.3, 0.4) is 0 Å². The normalized spacial score (nSPS) is 13.2. The molecule has 0 N–H and O–H groups in total. The minimum atomic E-state index is -0.817. The Hall–Kier alpha value is -4.71. The summed E-state index contributed by atoms with van der Waals surface area (Å²) in [4.78, 5) is 38.0. The molecule has 0 rings (SSSR count). The van der Waals surface area contributed by atoms with E-state index in [2.05, 4.69) is 167 Å². The van der Waals surface area contributed by atoms with E-state index >= 15 is 0 Å². The lowest BCUT2D eigenvalue weighted by atomic mass is 10.1. The van der Waals surface area contributed by atoms with Crippen LogP contribution in [0.15, 0.2) is 146 Å². The molecule has 0 aliphatic carbocycles. The third-order valence-corrected chi connectivity index (χ3v) is 11.5. The average Bonchev–Trinajstić information content (AvgIpc) is 3.38. The second-order valence-electron chi connectivity index (χ2n) is 18.5. The van der Waals surface area contributed by atoms with Crippen LogP contribution in [-0.2, 0) is 28.6 Å². The van der Waals surface area contributed by atoms with Crippen LogP contribution in [0.25, 0.3) is 0 Å². The second-order valence-corrected chi connectivity index (χ2v) is 18.5. The van der Waals surface area contributed by atoms with Gasteiger partial charge in [-0.3, -0.25) is 14.4 Å². The summed E-state index contributed by atoms with van der Waals surface area (Å²) >= 11 is 0. The van der Waals surface area contributed by atoms with E-state index in [-0.39, 0.29) is 37.5 Å². The van der Waals surface area contributed by atoms with Gasteiger partial charge in [0, 0.05) is 19.3 Å². The minimum Gasteiger partial charge on any atom is -0.462 e. The molecule has 72 heavy (non-hydrogen) atoms. The fraction of sp³-hybridized carbons (Fsp3) is 0.591. The summed E-state index contributed by atoms with van der Waals surface area (Å²) in [5.41, 5.74) is 0. The number of unbranched alkanes of at least 4 members (excludes halogenated alkanes) is 15. The van der Waals surface area contributed by atoms with Crippen LogP contribution in [-0.4, -0.2) is 37.2 Å². The summed E-state index contributed by atoms with van der Waals surface area (Å²) in [5.74, 6) is -1.01. The van der Waals surface area contributed by atoms with Crippen LogP contribution < -0.4 is 0 Å². The molecule has 0 aliphatic heterocycles. The van der Waals surface area contributed by atoms with Gasteiger partial charge in [0.1, 0.15) is 13.2 Å². The molecule has 6 nitrogen and oxygen atoms in total. The SMILES string of the molecule is CC/C=C\C/C=C\C/C=C\C/C=C\C/C=C\C/C=C\C/C=C\C/C=C\C/C=C\CCCC(=O)OCC(COC(=O)CCCCCCC/C=C\CCCCC)OC(=O)CCCCCCC/C=C\C/C=C\CCC. The summed E-state index contributed by atoms with van der Waals surface area (Å²) in [7, 11) is 0. The van der Waals surface area contributed by atoms with Crippen molar-refractivity contribution in [3.63, 3.8) is 0 Å². The molecule has 1 unspecified atom stereocenters. The molecule has 6 heteroatoms. The standard InChI is InChI=1S/C66H104O6/c1-4-7-10-13-16-19-22-25-26-27-28-29-30-31-32-33-34-35-36-37-38-39-40-42-44-47-50-53-56-59-65(68)71-62-63(61-70-64(67)58-55-52-49-46-43-24-21-18-15-12-9-6-3)72-66(69)60-57-54-51-48-45-41-23-20-17-14-11-8-5-2/h7,10-11,14,16,18-21,23,25-26,28-29,31-32,34-35,37-38,40,42,47,50,63H,4-6,8-9,12-13,15,17,22,24,27,30,33,36,39,41,43-46,48-49,51-62H2,1-3H3/b10-7-,14-11-,19-16-,21-18-,23-20-,26-25-,29-28-,32-31-,35-34-,38-37-,42-40-,50-47-. The summed E-state index contributed by atoms with van der Waals surface area (Å²) in [6.07, 6.45) is 84.2. The van der Waals surface area contributed by atoms with Gasteiger partial charge < -0.3 is 14.2 Å². The van der Waals surface area contributed by atoms with Crippen molar-refractivity contribution < 1.29 is 28.6 Å². The van der Waals surface area contributed by atoms with Gasteiger partial charge in [-0.25, -0.2) is 0 Å². The highest BCUT2D eigenvalue weighted by molar-refractivity contribution is 5.71. The van der Waals surface area contributed by atoms with Crippen LogP contribution in [0.4, 0.5) is 0 Å². The molecule has 0 aromatic rings. The first-order chi connectivity index (χ1) is 35.5. The summed E-state index contributed by atoms with van der Waals surface area (Å²) in [6, 6.07) is 0. The maximum absolute atomic E-state index is 12.8. The lowest BCUT2D eigenvalue weighted by molar-refractivity contribution is -0.167. The first kappa shape index (κ1) is 67.3. The van der Waals surface area contributed by atoms with Crippen LogP contribution in [0.1, 0.15) is 233 Å². The van der Waals surface area contributed by atoms with Gasteiger partial charge in [0.05, 0.1) is 0 Å². The Morgan fingerprint density at radius 3 is 0.972 bits per heavy atom. The third kappa shape index (κ3) is 56.2. The van der Waals surface area contributed by atoms with E-state index in [1.165, 1.54) is 38.5 Å². The highest BCUT2D eigenvalue weighted by Crippen LogP contribution is 2.13. The summed E-state index contributed by atoms with van der Waals surface area (Å²) in [6.45, 7) is 6.35. The van der Waals surface area contributed by atoms with Gasteiger partial charge in [-0.15, -0.1) is 0 Å². The van der Waals surface area contributed by atoms with Crippen LogP contribution >= 0.6 is 0 Å². The van der Waals surface area contributed by atoms with E-state index in [9.17, 15) is 14.4 Å². The molecule has 1 atom stereocenters. The highest BCUT2D eigenvalue weighted by atomic mass is 16.6. The molecule has 404 valence electrons. The highest BCUT2D eigenvalue weighted by Gasteiger charge is 2.19. The van der Waals surface area contributed by atoms with Crippen LogP contribution in [0.2, 0.25) is 0 Å². The zero-order valence-corrected chi connectivity index (χ0v) is 46.1. The monoisotopic (exact) mass is 993 g/mol. The number of allylic oxidation sites excluding steroid dienone is 24. The zero-order valence-electron chi connectivity index (χ0n) is 46.1. The Bertz CT molecular complexity index is 1610. The van der Waals surface area contributed by atoms with Crippen molar-refractivity contribution in [1.82, 2.24) is 0 Å². The fourth-order valence-corrected chi connectivity index (χ4v) is 7.24. The molecular formula is C66H104O6. The van der Waals surface area contributed by atoms with E-state index in [4.69, 9.17) is 14.2 Å². The van der Waals surface area contributed by atoms with Crippen molar-refractivity contribution in [2.24, 2.45) is 0 Å². The van der Waals surface area contributed by atoms with E-state index in [0.29, 0.717) is 19.3 Å². The molecular weight excluding hydrogens is 889 g/mol. The third-order valence-electron chi connectivity index (χ3n) is 11.5. The van der Waals surface area contributed by atoms with Crippen molar-refractivity contribution in [1.29, 1.82) is 0 Å². The Morgan fingerprint density at radius 2 is 0.583 bits per heavy atom. The molecule has 0 radical (unpaired) electrons. The summed E-state index contributed by atoms with van der Waals surface area (Å²) in [5, 5.41) is 0. The Kier molecular flexibility index (Phi) is 55.0. The lowest BCUT2D eigenvalue weighted by Gasteiger charge is -2.18. The number of rotatable bonds is 50. The van der Waals surface area contributed by atoms with Crippen LogP contribution in [0.5, 0.6) is 0 Å². The number of ether oxygens (including phenoxy) is 3. The van der Waals surface area contributed by atoms with Gasteiger partial charge in [-0.05, 0) is 135 Å². The fourth-order valence-electron chi connectivity index (χ4n) is 7.24. The molecule has 0 aromatic carbocycles. The number of esters is 3. The Morgan fingerprint density at radius 1 is 0.292 bits per heavy atom. The van der Waals surface area contributed by atoms with Crippen molar-refractivity contribution in [3.8, 4) is 0 Å². The van der Waals surface area contributed by atoms with E-state index in [0.717, 1.165) is 148 Å². The quantitative estimate of drug-likeness (QED) is 0.0261. The van der Waals surface area contributed by atoms with Gasteiger partial charge in [0.2, 0.25) is 0 Å². The molecule has 0 amide bonds. The lowest BCUT2D eigenvalue weighted by Crippen LogP contribution is -2.30. The van der Waals surface area contributed by atoms with Gasteiger partial charge in [0.25, 0.3) is 0 Å². The molecule has 0 saturated heterocycles. The first-order valence-electron chi connectivity index (χ1n) is 28.8. The maximum Gasteiger partial charge on any atom is 0.306 e. The molecule has 0 aromatic heterocycles. The van der Waals surface area contributed by atoms with Crippen molar-refractivity contribution in [2.75, 3.05) is 13.2 Å². The van der Waals surface area contributed by atoms with E-state index in [1.54, 1.807) is 0 Å². The van der Waals surface area contributed by atoms with E-state index in [1.807, 2.05) is 0 Å². The predicted octanol–water partition coefficient (Wildman–Crippen LogP) is 19.6. The van der Waals surface area contributed by atoms with Gasteiger partial charge >= 0.3 is 17.9 Å². The molecule has 0 fully saturated rings. The van der Waals surface area contributed by atoms with Gasteiger partial charge in [0.15, 0.2) is 6.10 Å². The molecule has 0 aliphatic rings. The van der Waals surface area contributed by atoms with E-state index < -0.39 is 6.10 Å². The van der Waals surface area contributed by atoms with Crippen molar-refractivity contribution in [2.45, 2.75) is 239 Å². The predicted molar refractivity (Wildman–Crippen MR) is 311 cm³/mol. The van der Waals surface area contributed by atoms with Crippen LogP contribution in [0, 0.1) is 0 Å². The Balaban J connectivity index is 4.43. The number of carbonyl (C=O) groups is 3. The minimum absolute atomic E-state index is 0.111. The second kappa shape index (κ2) is 58.9. The maximum atomic E-state index is 12.8. The first-order valence-corrected chi connectivity index (χ1v) is 28.8.